The van der Waals surface area contributed by atoms with Crippen LogP contribution in [0, 0.1) is 5.92 Å². The van der Waals surface area contributed by atoms with Crippen molar-refractivity contribution in [2.24, 2.45) is 5.92 Å². The SMILES string of the molecule is O=C1N[C@H](c2cccnc2)[C@@H](C(=O)c2cccs2)[C@](O)(C(F)(F)F)N1. The highest BCUT2D eigenvalue weighted by Crippen LogP contribution is 2.44. The van der Waals surface area contributed by atoms with E-state index >= 15 is 0 Å². The molecule has 0 aliphatic carbocycles. The van der Waals surface area contributed by atoms with Crippen molar-refractivity contribution < 1.29 is 27.9 Å². The third kappa shape index (κ3) is 2.98. The smallest absolute Gasteiger partial charge is 0.363 e. The second-order valence-corrected chi connectivity index (χ2v) is 6.39. The molecule has 0 radical (unpaired) electrons. The Hall–Kier alpha value is -2.46. The fourth-order valence-corrected chi connectivity index (χ4v) is 3.45. The molecule has 1 fully saturated rings. The van der Waals surface area contributed by atoms with E-state index in [1.807, 2.05) is 0 Å². The summed E-state index contributed by atoms with van der Waals surface area (Å²) in [4.78, 5) is 28.4. The Kier molecular flexibility index (Phi) is 4.25. The van der Waals surface area contributed by atoms with Gasteiger partial charge in [0.15, 0.2) is 5.78 Å². The summed E-state index contributed by atoms with van der Waals surface area (Å²) in [7, 11) is 0. The maximum Gasteiger partial charge on any atom is 0.437 e. The summed E-state index contributed by atoms with van der Waals surface area (Å²) in [5.74, 6) is -2.95. The van der Waals surface area contributed by atoms with Crippen molar-refractivity contribution in [3.63, 3.8) is 0 Å². The molecule has 10 heteroatoms. The molecule has 0 saturated carbocycles. The van der Waals surface area contributed by atoms with E-state index in [0.717, 1.165) is 11.3 Å². The molecule has 25 heavy (non-hydrogen) atoms. The van der Waals surface area contributed by atoms with Crippen LogP contribution in [0.25, 0.3) is 0 Å². The Balaban J connectivity index is 2.15. The largest absolute Gasteiger partial charge is 0.437 e. The first-order valence-corrected chi connectivity index (χ1v) is 7.97. The lowest BCUT2D eigenvalue weighted by Crippen LogP contribution is -2.72. The van der Waals surface area contributed by atoms with Crippen molar-refractivity contribution in [1.29, 1.82) is 0 Å². The number of nitrogens with zero attached hydrogens (tertiary/aromatic N) is 1. The van der Waals surface area contributed by atoms with E-state index in [2.05, 4.69) is 10.3 Å². The third-order valence-electron chi connectivity index (χ3n) is 3.90. The van der Waals surface area contributed by atoms with Gasteiger partial charge >= 0.3 is 12.2 Å². The molecule has 1 aliphatic rings. The quantitative estimate of drug-likeness (QED) is 0.722. The number of hydrogen-bond acceptors (Lipinski definition) is 5. The molecule has 132 valence electrons. The molecule has 2 aromatic rings. The first-order chi connectivity index (χ1) is 11.7. The molecule has 3 heterocycles. The normalized spacial score (nSPS) is 26.6. The van der Waals surface area contributed by atoms with Gasteiger partial charge in [0.1, 0.15) is 5.92 Å². The molecule has 1 saturated heterocycles. The van der Waals surface area contributed by atoms with Gasteiger partial charge in [-0.05, 0) is 23.1 Å². The van der Waals surface area contributed by atoms with Crippen molar-refractivity contribution in [1.82, 2.24) is 15.6 Å². The van der Waals surface area contributed by atoms with E-state index < -0.39 is 35.7 Å². The molecular formula is C15H12F3N3O3S. The Morgan fingerprint density at radius 3 is 2.64 bits per heavy atom. The lowest BCUT2D eigenvalue weighted by atomic mass is 9.79. The van der Waals surface area contributed by atoms with Gasteiger partial charge in [-0.25, -0.2) is 4.79 Å². The molecule has 0 unspecified atom stereocenters. The summed E-state index contributed by atoms with van der Waals surface area (Å²) in [5, 5.41) is 15.6. The predicted molar refractivity (Wildman–Crippen MR) is 81.8 cm³/mol. The molecule has 2 aromatic heterocycles. The Bertz CT molecular complexity index is 782. The van der Waals surface area contributed by atoms with Gasteiger partial charge in [0.25, 0.3) is 0 Å². The number of rotatable bonds is 3. The summed E-state index contributed by atoms with van der Waals surface area (Å²) < 4.78 is 40.7. The van der Waals surface area contributed by atoms with Crippen LogP contribution in [0.4, 0.5) is 18.0 Å². The number of carbonyl (C=O) groups excluding carboxylic acids is 2. The van der Waals surface area contributed by atoms with Crippen molar-refractivity contribution in [2.75, 3.05) is 0 Å². The number of carbonyl (C=O) groups is 2. The van der Waals surface area contributed by atoms with E-state index in [-0.39, 0.29) is 10.4 Å². The molecule has 3 rings (SSSR count). The number of aliphatic hydroxyl groups is 1. The molecule has 2 amide bonds. The van der Waals surface area contributed by atoms with Gasteiger partial charge in [-0.1, -0.05) is 12.1 Å². The number of hydrogen-bond donors (Lipinski definition) is 3. The minimum atomic E-state index is -5.26. The van der Waals surface area contributed by atoms with E-state index in [0.29, 0.717) is 0 Å². The van der Waals surface area contributed by atoms with Gasteiger partial charge in [-0.15, -0.1) is 11.3 Å². The first kappa shape index (κ1) is 17.4. The van der Waals surface area contributed by atoms with Crippen LogP contribution in [0.3, 0.4) is 0 Å². The maximum atomic E-state index is 13.6. The van der Waals surface area contributed by atoms with Crippen molar-refractivity contribution in [3.8, 4) is 0 Å². The number of ketones is 1. The summed E-state index contributed by atoms with van der Waals surface area (Å²) in [5.41, 5.74) is -3.54. The van der Waals surface area contributed by atoms with Gasteiger partial charge in [0, 0.05) is 12.4 Å². The van der Waals surface area contributed by atoms with Crippen LogP contribution in [0.2, 0.25) is 0 Å². The van der Waals surface area contributed by atoms with E-state index in [9.17, 15) is 27.9 Å². The molecule has 0 bridgehead atoms. The molecule has 6 nitrogen and oxygen atoms in total. The minimum absolute atomic E-state index is 0.0412. The molecule has 1 aliphatic heterocycles. The summed E-state index contributed by atoms with van der Waals surface area (Å²) in [6, 6.07) is 3.13. The van der Waals surface area contributed by atoms with Crippen LogP contribution < -0.4 is 10.6 Å². The highest BCUT2D eigenvalue weighted by atomic mass is 32.1. The Morgan fingerprint density at radius 2 is 2.08 bits per heavy atom. The van der Waals surface area contributed by atoms with Crippen LogP contribution in [-0.4, -0.2) is 33.8 Å². The number of amides is 2. The van der Waals surface area contributed by atoms with Crippen LogP contribution >= 0.6 is 11.3 Å². The minimum Gasteiger partial charge on any atom is -0.363 e. The Labute approximate surface area is 143 Å². The maximum absolute atomic E-state index is 13.6. The zero-order valence-electron chi connectivity index (χ0n) is 12.4. The standard InChI is InChI=1S/C15H12F3N3O3S/c16-15(17,18)14(24)10(12(22)9-4-2-6-25-9)11(20-13(23)21-14)8-3-1-5-19-7-8/h1-7,10-11,24H,(H2,20,21,23)/t10-,11+,14-/m0/s1. The monoisotopic (exact) mass is 371 g/mol. The number of Topliss-reactive ketones (excluding diaryl/α,β-unsaturated/α-hetero) is 1. The van der Waals surface area contributed by atoms with E-state index in [1.165, 1.54) is 47.4 Å². The highest BCUT2D eigenvalue weighted by Gasteiger charge is 2.66. The van der Waals surface area contributed by atoms with Gasteiger partial charge in [0.2, 0.25) is 5.72 Å². The first-order valence-electron chi connectivity index (χ1n) is 7.09. The number of halogens is 3. The number of urea groups is 1. The average Bonchev–Trinajstić information content (AvgIpc) is 3.08. The van der Waals surface area contributed by atoms with Crippen LogP contribution in [-0.2, 0) is 0 Å². The fraction of sp³-hybridized carbons (Fsp3) is 0.267. The van der Waals surface area contributed by atoms with Gasteiger partial charge in [-0.3, -0.25) is 9.78 Å². The van der Waals surface area contributed by atoms with Crippen LogP contribution in [0.1, 0.15) is 21.3 Å². The number of thiophene rings is 1. The number of alkyl halides is 3. The topological polar surface area (TPSA) is 91.3 Å². The molecule has 3 N–H and O–H groups in total. The number of pyridine rings is 1. The van der Waals surface area contributed by atoms with E-state index in [1.54, 1.807) is 0 Å². The third-order valence-corrected chi connectivity index (χ3v) is 4.78. The van der Waals surface area contributed by atoms with Gasteiger partial charge in [-0.2, -0.15) is 13.2 Å². The van der Waals surface area contributed by atoms with Crippen molar-refractivity contribution in [2.45, 2.75) is 17.9 Å². The number of aromatic nitrogens is 1. The number of nitrogens with one attached hydrogen (secondary N) is 2. The summed E-state index contributed by atoms with van der Waals surface area (Å²) in [6.45, 7) is 0. The van der Waals surface area contributed by atoms with Gasteiger partial charge in [0.05, 0.1) is 10.9 Å². The van der Waals surface area contributed by atoms with Crippen LogP contribution in [0.15, 0.2) is 42.0 Å². The van der Waals surface area contributed by atoms with Crippen LogP contribution in [0.5, 0.6) is 0 Å². The fourth-order valence-electron chi connectivity index (χ4n) is 2.75. The second-order valence-electron chi connectivity index (χ2n) is 5.45. The molecule has 0 spiro atoms. The highest BCUT2D eigenvalue weighted by molar-refractivity contribution is 7.12. The second kappa shape index (κ2) is 6.12. The predicted octanol–water partition coefficient (Wildman–Crippen LogP) is 2.25. The molecule has 3 atom stereocenters. The lowest BCUT2D eigenvalue weighted by molar-refractivity contribution is -0.287. The molecule has 0 aromatic carbocycles. The average molecular weight is 371 g/mol. The van der Waals surface area contributed by atoms with Crippen molar-refractivity contribution >= 4 is 23.2 Å². The summed E-state index contributed by atoms with van der Waals surface area (Å²) in [6.07, 6.45) is -2.62. The lowest BCUT2D eigenvalue weighted by Gasteiger charge is -2.44. The molecular weight excluding hydrogens is 359 g/mol. The van der Waals surface area contributed by atoms with E-state index in [4.69, 9.17) is 0 Å². The Morgan fingerprint density at radius 1 is 1.32 bits per heavy atom. The summed E-state index contributed by atoms with van der Waals surface area (Å²) >= 11 is 0.950. The zero-order valence-corrected chi connectivity index (χ0v) is 13.3. The van der Waals surface area contributed by atoms with Gasteiger partial charge < -0.3 is 15.7 Å². The van der Waals surface area contributed by atoms with Crippen molar-refractivity contribution in [3.05, 3.63) is 52.5 Å². The zero-order chi connectivity index (χ0) is 18.2.